The third-order valence-electron chi connectivity index (χ3n) is 3.17. The van der Waals surface area contributed by atoms with E-state index in [-0.39, 0.29) is 5.91 Å². The molecule has 3 rings (SSSR count). The van der Waals surface area contributed by atoms with Gasteiger partial charge in [0, 0.05) is 21.8 Å². The molecule has 0 fully saturated rings. The van der Waals surface area contributed by atoms with Crippen LogP contribution in [0.25, 0.3) is 0 Å². The van der Waals surface area contributed by atoms with Gasteiger partial charge < -0.3 is 0 Å². The van der Waals surface area contributed by atoms with E-state index in [1.165, 1.54) is 4.90 Å². The molecule has 0 bridgehead atoms. The van der Waals surface area contributed by atoms with Gasteiger partial charge in [0.05, 0.1) is 6.07 Å². The van der Waals surface area contributed by atoms with Gasteiger partial charge in [0.15, 0.2) is 6.04 Å². The topological polar surface area (TPSA) is 44.1 Å². The monoisotopic (exact) mass is 268 g/mol. The highest BCUT2D eigenvalue weighted by Crippen LogP contribution is 2.37. The smallest absolute Gasteiger partial charge is 0.260 e. The van der Waals surface area contributed by atoms with Gasteiger partial charge in [-0.15, -0.1) is 0 Å². The van der Waals surface area contributed by atoms with Crippen molar-refractivity contribution in [3.8, 4) is 6.07 Å². The highest BCUT2D eigenvalue weighted by molar-refractivity contribution is 6.31. The van der Waals surface area contributed by atoms with E-state index in [0.29, 0.717) is 16.3 Å². The molecule has 3 nitrogen and oxygen atoms in total. The maximum absolute atomic E-state index is 12.4. The normalized spacial score (nSPS) is 17.2. The number of amides is 1. The van der Waals surface area contributed by atoms with E-state index in [4.69, 9.17) is 11.6 Å². The van der Waals surface area contributed by atoms with Gasteiger partial charge in [-0.25, -0.2) is 0 Å². The number of halogens is 1. The summed E-state index contributed by atoms with van der Waals surface area (Å²) in [7, 11) is 0. The van der Waals surface area contributed by atoms with Gasteiger partial charge >= 0.3 is 0 Å². The average Bonchev–Trinajstić information content (AvgIpc) is 2.72. The standard InChI is InChI=1S/C15H9ClN2O/c16-10-4-3-5-11(8-10)18-14(9-17)12-6-1-2-7-13(12)15(18)19/h1-8,14H. The molecule has 0 saturated heterocycles. The second kappa shape index (κ2) is 4.42. The number of hydrogen-bond acceptors (Lipinski definition) is 2. The molecule has 4 heteroatoms. The fourth-order valence-corrected chi connectivity index (χ4v) is 2.52. The molecule has 1 heterocycles. The first kappa shape index (κ1) is 11.8. The fraction of sp³-hybridized carbons (Fsp3) is 0.0667. The van der Waals surface area contributed by atoms with E-state index in [1.54, 1.807) is 36.4 Å². The lowest BCUT2D eigenvalue weighted by molar-refractivity contribution is 0.0994. The number of rotatable bonds is 1. The van der Waals surface area contributed by atoms with E-state index in [2.05, 4.69) is 6.07 Å². The lowest BCUT2D eigenvalue weighted by Gasteiger charge is -2.20. The van der Waals surface area contributed by atoms with E-state index >= 15 is 0 Å². The molecule has 19 heavy (non-hydrogen) atoms. The maximum atomic E-state index is 12.4. The minimum absolute atomic E-state index is 0.163. The van der Waals surface area contributed by atoms with Gasteiger partial charge in [0.2, 0.25) is 0 Å². The number of benzene rings is 2. The minimum atomic E-state index is -0.595. The molecule has 1 atom stereocenters. The van der Waals surface area contributed by atoms with Crippen LogP contribution < -0.4 is 4.90 Å². The number of anilines is 1. The van der Waals surface area contributed by atoms with Crippen LogP contribution in [0.4, 0.5) is 5.69 Å². The zero-order chi connectivity index (χ0) is 13.4. The number of fused-ring (bicyclic) bond motifs is 1. The Balaban J connectivity index is 2.15. The highest BCUT2D eigenvalue weighted by atomic mass is 35.5. The molecule has 2 aromatic rings. The van der Waals surface area contributed by atoms with E-state index in [0.717, 1.165) is 5.56 Å². The van der Waals surface area contributed by atoms with Crippen molar-refractivity contribution in [3.63, 3.8) is 0 Å². The summed E-state index contributed by atoms with van der Waals surface area (Å²) in [5.74, 6) is -0.163. The highest BCUT2D eigenvalue weighted by Gasteiger charge is 2.37. The van der Waals surface area contributed by atoms with E-state index < -0.39 is 6.04 Å². The molecule has 1 unspecified atom stereocenters. The Bertz CT molecular complexity index is 705. The Hall–Kier alpha value is -2.31. The maximum Gasteiger partial charge on any atom is 0.260 e. The molecule has 0 aliphatic carbocycles. The van der Waals surface area contributed by atoms with Crippen molar-refractivity contribution < 1.29 is 4.79 Å². The Morgan fingerprint density at radius 2 is 1.95 bits per heavy atom. The molecule has 92 valence electrons. The fourth-order valence-electron chi connectivity index (χ4n) is 2.34. The molecular formula is C15H9ClN2O. The zero-order valence-electron chi connectivity index (χ0n) is 9.88. The Kier molecular flexibility index (Phi) is 2.73. The van der Waals surface area contributed by atoms with Crippen molar-refractivity contribution in [2.75, 3.05) is 4.90 Å². The Labute approximate surface area is 115 Å². The molecule has 0 spiro atoms. The minimum Gasteiger partial charge on any atom is -0.288 e. The van der Waals surface area contributed by atoms with Crippen LogP contribution in [0.15, 0.2) is 48.5 Å². The molecule has 2 aromatic carbocycles. The van der Waals surface area contributed by atoms with Gasteiger partial charge in [-0.05, 0) is 24.3 Å². The summed E-state index contributed by atoms with van der Waals surface area (Å²) < 4.78 is 0. The summed E-state index contributed by atoms with van der Waals surface area (Å²) >= 11 is 5.95. The number of carbonyl (C=O) groups is 1. The van der Waals surface area contributed by atoms with Crippen LogP contribution in [0.2, 0.25) is 5.02 Å². The van der Waals surface area contributed by atoms with Crippen LogP contribution in [0, 0.1) is 11.3 Å². The molecule has 0 radical (unpaired) electrons. The van der Waals surface area contributed by atoms with Crippen molar-refractivity contribution in [2.45, 2.75) is 6.04 Å². The van der Waals surface area contributed by atoms with Crippen molar-refractivity contribution in [1.29, 1.82) is 5.26 Å². The summed E-state index contributed by atoms with van der Waals surface area (Å²) in [6, 6.07) is 15.7. The lowest BCUT2D eigenvalue weighted by atomic mass is 10.1. The predicted octanol–water partition coefficient (Wildman–Crippen LogP) is 3.57. The Morgan fingerprint density at radius 3 is 2.68 bits per heavy atom. The van der Waals surface area contributed by atoms with Crippen LogP contribution in [0.1, 0.15) is 22.0 Å². The second-order valence-corrected chi connectivity index (χ2v) is 4.71. The van der Waals surface area contributed by atoms with Crippen molar-refractivity contribution >= 4 is 23.2 Å². The van der Waals surface area contributed by atoms with Gasteiger partial charge in [-0.3, -0.25) is 9.69 Å². The van der Waals surface area contributed by atoms with Gasteiger partial charge in [-0.1, -0.05) is 35.9 Å². The van der Waals surface area contributed by atoms with Crippen LogP contribution in [0.5, 0.6) is 0 Å². The third kappa shape index (κ3) is 1.78. The quantitative estimate of drug-likeness (QED) is 0.794. The molecular weight excluding hydrogens is 260 g/mol. The second-order valence-electron chi connectivity index (χ2n) is 4.27. The van der Waals surface area contributed by atoms with Crippen molar-refractivity contribution in [1.82, 2.24) is 0 Å². The summed E-state index contributed by atoms with van der Waals surface area (Å²) in [4.78, 5) is 13.9. The van der Waals surface area contributed by atoms with E-state index in [9.17, 15) is 10.1 Å². The van der Waals surface area contributed by atoms with Gasteiger partial charge in [0.25, 0.3) is 5.91 Å². The Morgan fingerprint density at radius 1 is 1.16 bits per heavy atom. The summed E-state index contributed by atoms with van der Waals surface area (Å²) in [6.07, 6.45) is 0. The third-order valence-corrected chi connectivity index (χ3v) is 3.41. The predicted molar refractivity (Wildman–Crippen MR) is 73.1 cm³/mol. The molecule has 1 amide bonds. The van der Waals surface area contributed by atoms with Crippen LogP contribution in [-0.4, -0.2) is 5.91 Å². The van der Waals surface area contributed by atoms with Crippen LogP contribution in [-0.2, 0) is 0 Å². The summed E-state index contributed by atoms with van der Waals surface area (Å²) in [5, 5.41) is 9.89. The van der Waals surface area contributed by atoms with Crippen molar-refractivity contribution in [2.24, 2.45) is 0 Å². The summed E-state index contributed by atoms with van der Waals surface area (Å²) in [5.41, 5.74) is 1.96. The molecule has 0 saturated carbocycles. The van der Waals surface area contributed by atoms with Gasteiger partial charge in [0.1, 0.15) is 0 Å². The molecule has 0 aromatic heterocycles. The number of nitriles is 1. The van der Waals surface area contributed by atoms with E-state index in [1.807, 2.05) is 12.1 Å². The molecule has 1 aliphatic heterocycles. The number of hydrogen-bond donors (Lipinski definition) is 0. The van der Waals surface area contributed by atoms with Crippen LogP contribution >= 0.6 is 11.6 Å². The zero-order valence-corrected chi connectivity index (χ0v) is 10.6. The van der Waals surface area contributed by atoms with Crippen LogP contribution in [0.3, 0.4) is 0 Å². The SMILES string of the molecule is N#CC1c2ccccc2C(=O)N1c1cccc(Cl)c1. The first-order valence-electron chi connectivity index (χ1n) is 5.80. The molecule has 1 aliphatic rings. The largest absolute Gasteiger partial charge is 0.288 e. The lowest BCUT2D eigenvalue weighted by Crippen LogP contribution is -2.26. The number of nitrogens with zero attached hydrogens (tertiary/aromatic N) is 2. The first-order valence-corrected chi connectivity index (χ1v) is 6.18. The van der Waals surface area contributed by atoms with Gasteiger partial charge in [-0.2, -0.15) is 5.26 Å². The van der Waals surface area contributed by atoms with Crippen molar-refractivity contribution in [3.05, 3.63) is 64.7 Å². The molecule has 0 N–H and O–H groups in total. The number of carbonyl (C=O) groups excluding carboxylic acids is 1. The summed E-state index contributed by atoms with van der Waals surface area (Å²) in [6.45, 7) is 0. The average molecular weight is 269 g/mol. The first-order chi connectivity index (χ1) is 9.22.